The normalized spacial score (nSPS) is 12.1. The fourth-order valence-corrected chi connectivity index (χ4v) is 6.04. The Morgan fingerprint density at radius 2 is 1.78 bits per heavy atom. The third-order valence-electron chi connectivity index (χ3n) is 8.37. The van der Waals surface area contributed by atoms with Gasteiger partial charge in [0.05, 0.1) is 23.6 Å². The van der Waals surface area contributed by atoms with Gasteiger partial charge in [-0.15, -0.1) is 5.06 Å². The lowest BCUT2D eigenvalue weighted by Gasteiger charge is -2.26. The molecule has 0 saturated carbocycles. The predicted molar refractivity (Wildman–Crippen MR) is 189 cm³/mol. The number of benzene rings is 2. The van der Waals surface area contributed by atoms with Gasteiger partial charge < -0.3 is 29.7 Å². The molecule has 1 unspecified atom stereocenters. The van der Waals surface area contributed by atoms with E-state index in [-0.39, 0.29) is 61.7 Å². The van der Waals surface area contributed by atoms with Crippen molar-refractivity contribution in [1.82, 2.24) is 19.6 Å². The molecule has 4 rings (SSSR count). The first-order chi connectivity index (χ1) is 24.2. The molecule has 0 aliphatic rings. The van der Waals surface area contributed by atoms with Gasteiger partial charge in [0.15, 0.2) is 11.6 Å². The van der Waals surface area contributed by atoms with Gasteiger partial charge in [-0.2, -0.15) is 0 Å². The van der Waals surface area contributed by atoms with Crippen LogP contribution in [-0.2, 0) is 41.5 Å². The molecule has 0 fully saturated rings. The topological polar surface area (TPSA) is 228 Å². The van der Waals surface area contributed by atoms with Gasteiger partial charge in [0, 0.05) is 49.4 Å². The number of hydroxylamine groups is 2. The van der Waals surface area contributed by atoms with Crippen LogP contribution in [0.15, 0.2) is 36.4 Å². The molecule has 51 heavy (non-hydrogen) atoms. The van der Waals surface area contributed by atoms with Gasteiger partial charge in [0.2, 0.25) is 0 Å². The number of nitrogens with two attached hydrogens (primary N) is 1. The number of hydrogen-bond donors (Lipinski definition) is 4. The van der Waals surface area contributed by atoms with Crippen LogP contribution in [-0.4, -0.2) is 71.7 Å². The van der Waals surface area contributed by atoms with Crippen molar-refractivity contribution < 1.29 is 48.0 Å². The second-order valence-electron chi connectivity index (χ2n) is 12.1. The number of rotatable bonds is 17. The Kier molecular flexibility index (Phi) is 12.7. The molecule has 1 atom stereocenters. The Labute approximate surface area is 294 Å². The van der Waals surface area contributed by atoms with Gasteiger partial charge in [-0.25, -0.2) is 19.3 Å². The SMILES string of the molecule is CCCCc1nc2c(N)nc3ccc(N(C)C(C)C(=O)CCCC(=O)ON(C=O)C(=O)CCC)cc3c2n1Cc1cc(O)ccc1OP(=O)(O)O. The lowest BCUT2D eigenvalue weighted by Crippen LogP contribution is -2.36. The summed E-state index contributed by atoms with van der Waals surface area (Å²) in [5.74, 6) is -0.992. The minimum absolute atomic E-state index is 0.0204. The van der Waals surface area contributed by atoms with E-state index in [1.165, 1.54) is 18.2 Å². The Morgan fingerprint density at radius 1 is 1.04 bits per heavy atom. The number of imide groups is 1. The number of aromatic nitrogens is 3. The first-order valence-electron chi connectivity index (χ1n) is 16.6. The van der Waals surface area contributed by atoms with E-state index in [1.807, 2.05) is 17.6 Å². The van der Waals surface area contributed by atoms with E-state index in [1.54, 1.807) is 37.9 Å². The van der Waals surface area contributed by atoms with Gasteiger partial charge in [-0.3, -0.25) is 24.2 Å². The van der Waals surface area contributed by atoms with Crippen LogP contribution in [0.3, 0.4) is 0 Å². The molecule has 16 nitrogen and oxygen atoms in total. The smallest absolute Gasteiger partial charge is 0.508 e. The monoisotopic (exact) mass is 726 g/mol. The zero-order valence-corrected chi connectivity index (χ0v) is 29.8. The summed E-state index contributed by atoms with van der Waals surface area (Å²) >= 11 is 0. The fraction of sp³-hybridized carbons (Fsp3) is 0.412. The second kappa shape index (κ2) is 16.8. The first kappa shape index (κ1) is 38.7. The molecule has 17 heteroatoms. The molecule has 2 aromatic carbocycles. The molecule has 2 amide bonds. The van der Waals surface area contributed by atoms with Gasteiger partial charge in [-0.05, 0) is 62.6 Å². The molecule has 0 saturated heterocycles. The van der Waals surface area contributed by atoms with Crippen molar-refractivity contribution in [2.24, 2.45) is 0 Å². The summed E-state index contributed by atoms with van der Waals surface area (Å²) in [5, 5.41) is 11.3. The Balaban J connectivity index is 1.64. The number of imidazole rings is 1. The van der Waals surface area contributed by atoms with Crippen molar-refractivity contribution in [1.29, 1.82) is 0 Å². The number of phenolic OH excluding ortho intramolecular Hbond substituents is 1. The minimum atomic E-state index is -4.92. The average molecular weight is 727 g/mol. The Morgan fingerprint density at radius 3 is 2.45 bits per heavy atom. The highest BCUT2D eigenvalue weighted by Crippen LogP contribution is 2.41. The molecule has 0 radical (unpaired) electrons. The number of aryl methyl sites for hydroxylation is 1. The number of phosphoric acid groups is 1. The van der Waals surface area contributed by atoms with Crippen molar-refractivity contribution in [3.63, 3.8) is 0 Å². The summed E-state index contributed by atoms with van der Waals surface area (Å²) in [7, 11) is -3.17. The van der Waals surface area contributed by atoms with E-state index < -0.39 is 25.7 Å². The predicted octanol–water partition coefficient (Wildman–Crippen LogP) is 4.54. The minimum Gasteiger partial charge on any atom is -0.508 e. The molecule has 0 spiro atoms. The van der Waals surface area contributed by atoms with E-state index in [2.05, 4.69) is 4.98 Å². The number of carbonyl (C=O) groups excluding carboxylic acids is 4. The Bertz CT molecular complexity index is 1980. The highest BCUT2D eigenvalue weighted by Gasteiger charge is 2.24. The Hall–Kier alpha value is -5.05. The highest BCUT2D eigenvalue weighted by atomic mass is 31.2. The molecule has 4 aromatic rings. The number of unbranched alkanes of at least 4 members (excludes halogenated alkanes) is 1. The number of fused-ring (bicyclic) bond motifs is 3. The number of hydrogen-bond acceptors (Lipinski definition) is 12. The van der Waals surface area contributed by atoms with E-state index in [4.69, 9.17) is 20.1 Å². The number of likely N-dealkylation sites (N-methyl/N-ethyl adjacent to an activating group) is 1. The van der Waals surface area contributed by atoms with Gasteiger partial charge >= 0.3 is 13.8 Å². The molecule has 5 N–H and O–H groups in total. The second-order valence-corrected chi connectivity index (χ2v) is 13.3. The standard InChI is InChI=1S/C34H43N6O10P/c1-5-7-11-29-37-32-33(39(29)19-22-17-24(42)14-16-28(22)50-51(46,47)48)25-18-23(13-15-26(25)36-34(32)35)38(4)21(3)27(43)10-8-12-31(45)49-40(20-41)30(44)9-6-2/h13-18,20-21,42H,5-12,19H2,1-4H3,(H2,35,36)(H2,46,47,48). The summed E-state index contributed by atoms with van der Waals surface area (Å²) in [5.41, 5.74) is 8.93. The number of nitrogen functional groups attached to an aromatic ring is 1. The molecule has 2 heterocycles. The quantitative estimate of drug-likeness (QED) is 0.0666. The average Bonchev–Trinajstić information content (AvgIpc) is 3.44. The number of anilines is 2. The number of nitrogens with zero attached hydrogens (tertiary/aromatic N) is 5. The van der Waals surface area contributed by atoms with Crippen LogP contribution < -0.4 is 15.2 Å². The lowest BCUT2D eigenvalue weighted by atomic mass is 10.1. The van der Waals surface area contributed by atoms with Crippen LogP contribution >= 0.6 is 7.82 Å². The molecule has 2 aromatic heterocycles. The zero-order chi connectivity index (χ0) is 37.5. The van der Waals surface area contributed by atoms with E-state index >= 15 is 0 Å². The highest BCUT2D eigenvalue weighted by molar-refractivity contribution is 7.46. The van der Waals surface area contributed by atoms with E-state index in [0.717, 1.165) is 12.8 Å². The summed E-state index contributed by atoms with van der Waals surface area (Å²) in [6.45, 7) is 5.54. The first-order valence-corrected chi connectivity index (χ1v) is 18.1. The molecule has 274 valence electrons. The zero-order valence-electron chi connectivity index (χ0n) is 28.9. The third-order valence-corrected chi connectivity index (χ3v) is 8.81. The van der Waals surface area contributed by atoms with Crippen LogP contribution in [0.25, 0.3) is 21.9 Å². The third kappa shape index (κ3) is 9.60. The maximum Gasteiger partial charge on any atom is 0.524 e. The lowest BCUT2D eigenvalue weighted by molar-refractivity contribution is -0.196. The number of amides is 2. The number of aromatic hydroxyl groups is 1. The maximum atomic E-state index is 13.2. The number of ketones is 1. The van der Waals surface area contributed by atoms with Crippen LogP contribution in [0.5, 0.6) is 11.5 Å². The van der Waals surface area contributed by atoms with Crippen LogP contribution in [0.4, 0.5) is 11.5 Å². The van der Waals surface area contributed by atoms with Crippen molar-refractivity contribution >= 4 is 65.3 Å². The number of phosphoric ester groups is 1. The molecule has 0 aliphatic carbocycles. The number of carbonyl (C=O) groups is 4. The van der Waals surface area contributed by atoms with Crippen molar-refractivity contribution in [3.8, 4) is 11.5 Å². The van der Waals surface area contributed by atoms with Crippen LogP contribution in [0.1, 0.15) is 77.1 Å². The van der Waals surface area contributed by atoms with Gasteiger partial charge in [0.25, 0.3) is 12.3 Å². The summed E-state index contributed by atoms with van der Waals surface area (Å²) in [6, 6.07) is 8.71. The number of pyridine rings is 1. The summed E-state index contributed by atoms with van der Waals surface area (Å²) < 4.78 is 18.6. The molecule has 0 bridgehead atoms. The molecular weight excluding hydrogens is 683 g/mol. The van der Waals surface area contributed by atoms with Crippen LogP contribution in [0.2, 0.25) is 0 Å². The summed E-state index contributed by atoms with van der Waals surface area (Å²) in [4.78, 5) is 83.5. The molecular formula is C34H43N6O10P. The largest absolute Gasteiger partial charge is 0.524 e. The van der Waals surface area contributed by atoms with Gasteiger partial charge in [0.1, 0.15) is 22.8 Å². The summed E-state index contributed by atoms with van der Waals surface area (Å²) in [6.07, 6.45) is 2.90. The van der Waals surface area contributed by atoms with Crippen molar-refractivity contribution in [3.05, 3.63) is 47.8 Å². The van der Waals surface area contributed by atoms with Gasteiger partial charge in [-0.1, -0.05) is 20.3 Å². The maximum absolute atomic E-state index is 13.2. The van der Waals surface area contributed by atoms with E-state index in [0.29, 0.717) is 56.9 Å². The van der Waals surface area contributed by atoms with E-state index in [9.17, 15) is 38.6 Å². The van der Waals surface area contributed by atoms with Crippen molar-refractivity contribution in [2.45, 2.75) is 84.7 Å². The van der Waals surface area contributed by atoms with Crippen molar-refractivity contribution in [2.75, 3.05) is 17.7 Å². The fourth-order valence-electron chi connectivity index (χ4n) is 5.60. The number of Topliss-reactive ketones (excluding diaryl/α,β-unsaturated/α-hetero) is 1. The van der Waals surface area contributed by atoms with Crippen LogP contribution in [0, 0.1) is 0 Å². The molecule has 0 aliphatic heterocycles. The number of phenols is 1.